The maximum absolute atomic E-state index is 12.0. The number of rotatable bonds is 9. The Bertz CT molecular complexity index is 880. The van der Waals surface area contributed by atoms with Gasteiger partial charge in [-0.25, -0.2) is 5.43 Å². The van der Waals surface area contributed by atoms with Crippen LogP contribution in [0.15, 0.2) is 47.6 Å². The highest BCUT2D eigenvalue weighted by molar-refractivity contribution is 5.99. The fourth-order valence-corrected chi connectivity index (χ4v) is 2.52. The van der Waals surface area contributed by atoms with Crippen molar-refractivity contribution in [2.75, 3.05) is 26.1 Å². The molecule has 0 atom stereocenters. The summed E-state index contributed by atoms with van der Waals surface area (Å²) in [7, 11) is 3.04. The molecule has 0 aliphatic rings. The van der Waals surface area contributed by atoms with Crippen molar-refractivity contribution in [1.29, 1.82) is 0 Å². The smallest absolute Gasteiger partial charge is 0.307 e. The number of carbonyl (C=O) groups excluding carboxylic acids is 1. The zero-order chi connectivity index (χ0) is 20.5. The number of hydrogen-bond donors (Lipinski definition) is 3. The van der Waals surface area contributed by atoms with E-state index in [-0.39, 0.29) is 18.9 Å². The van der Waals surface area contributed by atoms with Crippen LogP contribution in [0.5, 0.6) is 11.5 Å². The molecule has 1 amide bonds. The first-order valence-corrected chi connectivity index (χ1v) is 8.53. The number of carboxylic acids is 1. The predicted octanol–water partition coefficient (Wildman–Crippen LogP) is 2.28. The number of anilines is 1. The molecule has 0 fully saturated rings. The second-order valence-electron chi connectivity index (χ2n) is 5.88. The van der Waals surface area contributed by atoms with Gasteiger partial charge in [0.15, 0.2) is 0 Å². The molecule has 8 nitrogen and oxygen atoms in total. The maximum Gasteiger partial charge on any atom is 0.307 e. The van der Waals surface area contributed by atoms with Gasteiger partial charge in [-0.05, 0) is 42.8 Å². The highest BCUT2D eigenvalue weighted by atomic mass is 16.5. The van der Waals surface area contributed by atoms with E-state index in [9.17, 15) is 9.59 Å². The number of hydrogen-bond acceptors (Lipinski definition) is 6. The van der Waals surface area contributed by atoms with E-state index in [2.05, 4.69) is 15.8 Å². The normalized spacial score (nSPS) is 10.9. The van der Waals surface area contributed by atoms with Gasteiger partial charge in [-0.2, -0.15) is 5.10 Å². The molecule has 28 heavy (non-hydrogen) atoms. The SMILES string of the molecule is COc1ccc(/C(C)=N\NC(=O)CNc2ccccc2OC)cc1CC(=O)O. The Labute approximate surface area is 163 Å². The molecule has 0 radical (unpaired) electrons. The number of para-hydroxylation sites is 2. The molecule has 8 heteroatoms. The van der Waals surface area contributed by atoms with Gasteiger partial charge in [-0.1, -0.05) is 12.1 Å². The Hall–Kier alpha value is -3.55. The molecule has 0 bridgehead atoms. The molecule has 0 aromatic heterocycles. The van der Waals surface area contributed by atoms with Crippen LogP contribution in [0.25, 0.3) is 0 Å². The number of aliphatic carboxylic acids is 1. The molecular weight excluding hydrogens is 362 g/mol. The Morgan fingerprint density at radius 2 is 1.79 bits per heavy atom. The summed E-state index contributed by atoms with van der Waals surface area (Å²) in [6.07, 6.45) is -0.167. The lowest BCUT2D eigenvalue weighted by Crippen LogP contribution is -2.26. The summed E-state index contributed by atoms with van der Waals surface area (Å²) in [6, 6.07) is 12.4. The number of nitrogens with one attached hydrogen (secondary N) is 2. The first-order valence-electron chi connectivity index (χ1n) is 8.53. The minimum Gasteiger partial charge on any atom is -0.496 e. The fraction of sp³-hybridized carbons (Fsp3) is 0.250. The molecule has 0 aliphatic heterocycles. The minimum atomic E-state index is -0.958. The quantitative estimate of drug-likeness (QED) is 0.451. The number of nitrogens with zero attached hydrogens (tertiary/aromatic N) is 1. The molecule has 0 aliphatic carbocycles. The molecule has 0 saturated carbocycles. The van der Waals surface area contributed by atoms with Gasteiger partial charge in [0.2, 0.25) is 0 Å². The number of carboxylic acid groups (broad SMARTS) is 1. The van der Waals surface area contributed by atoms with Crippen LogP contribution in [0.3, 0.4) is 0 Å². The maximum atomic E-state index is 12.0. The number of ether oxygens (including phenoxy) is 2. The second kappa shape index (κ2) is 9.96. The number of benzene rings is 2. The standard InChI is InChI=1S/C20H23N3O5/c1-13(14-8-9-17(27-2)15(10-14)11-20(25)26)22-23-19(24)12-21-16-6-4-5-7-18(16)28-3/h4-10,21H,11-12H2,1-3H3,(H,23,24)(H,25,26)/b22-13-. The van der Waals surface area contributed by atoms with Crippen molar-refractivity contribution in [3.63, 3.8) is 0 Å². The van der Waals surface area contributed by atoms with Crippen molar-refractivity contribution in [2.45, 2.75) is 13.3 Å². The molecule has 2 rings (SSSR count). The van der Waals surface area contributed by atoms with Crippen LogP contribution in [0, 0.1) is 0 Å². The van der Waals surface area contributed by atoms with Gasteiger partial charge < -0.3 is 19.9 Å². The van der Waals surface area contributed by atoms with Crippen LogP contribution in [0.4, 0.5) is 5.69 Å². The van der Waals surface area contributed by atoms with E-state index in [0.29, 0.717) is 34.0 Å². The molecule has 0 heterocycles. The van der Waals surface area contributed by atoms with Gasteiger partial charge in [0, 0.05) is 5.56 Å². The zero-order valence-electron chi connectivity index (χ0n) is 16.0. The summed E-state index contributed by atoms with van der Waals surface area (Å²) in [5, 5.41) is 16.1. The van der Waals surface area contributed by atoms with Crippen LogP contribution in [0.2, 0.25) is 0 Å². The lowest BCUT2D eigenvalue weighted by atomic mass is 10.0. The van der Waals surface area contributed by atoms with E-state index in [1.54, 1.807) is 38.3 Å². The second-order valence-corrected chi connectivity index (χ2v) is 5.88. The van der Waals surface area contributed by atoms with Crippen LogP contribution >= 0.6 is 0 Å². The van der Waals surface area contributed by atoms with Crippen molar-refractivity contribution in [1.82, 2.24) is 5.43 Å². The molecule has 2 aromatic carbocycles. The highest BCUT2D eigenvalue weighted by Gasteiger charge is 2.10. The van der Waals surface area contributed by atoms with Crippen molar-refractivity contribution in [3.05, 3.63) is 53.6 Å². The Balaban J connectivity index is 2.01. The van der Waals surface area contributed by atoms with Gasteiger partial charge in [0.25, 0.3) is 5.91 Å². The summed E-state index contributed by atoms with van der Waals surface area (Å²) < 4.78 is 10.4. The monoisotopic (exact) mass is 385 g/mol. The molecular formula is C20H23N3O5. The highest BCUT2D eigenvalue weighted by Crippen LogP contribution is 2.23. The third-order valence-corrected chi connectivity index (χ3v) is 3.93. The van der Waals surface area contributed by atoms with E-state index in [1.807, 2.05) is 18.2 Å². The topological polar surface area (TPSA) is 109 Å². The van der Waals surface area contributed by atoms with Crippen LogP contribution in [-0.2, 0) is 16.0 Å². The summed E-state index contributed by atoms with van der Waals surface area (Å²) in [4.78, 5) is 23.1. The van der Waals surface area contributed by atoms with E-state index in [0.717, 1.165) is 0 Å². The van der Waals surface area contributed by atoms with Crippen molar-refractivity contribution in [3.8, 4) is 11.5 Å². The Kier molecular flexibility index (Phi) is 7.38. The first-order chi connectivity index (χ1) is 13.4. The van der Waals surface area contributed by atoms with E-state index in [1.165, 1.54) is 7.11 Å². The van der Waals surface area contributed by atoms with Crippen LogP contribution in [0.1, 0.15) is 18.1 Å². The zero-order valence-corrected chi connectivity index (χ0v) is 16.0. The fourth-order valence-electron chi connectivity index (χ4n) is 2.52. The van der Waals surface area contributed by atoms with Gasteiger partial charge in [0.1, 0.15) is 11.5 Å². The van der Waals surface area contributed by atoms with E-state index < -0.39 is 5.97 Å². The largest absolute Gasteiger partial charge is 0.496 e. The molecule has 3 N–H and O–H groups in total. The Morgan fingerprint density at radius 3 is 2.46 bits per heavy atom. The van der Waals surface area contributed by atoms with Gasteiger partial charge in [0.05, 0.1) is 38.6 Å². The summed E-state index contributed by atoms with van der Waals surface area (Å²) in [6.45, 7) is 1.74. The molecule has 2 aromatic rings. The van der Waals surface area contributed by atoms with Crippen LogP contribution in [-0.4, -0.2) is 43.5 Å². The third-order valence-electron chi connectivity index (χ3n) is 3.93. The number of methoxy groups -OCH3 is 2. The first kappa shape index (κ1) is 20.8. The average Bonchev–Trinajstić information content (AvgIpc) is 2.70. The van der Waals surface area contributed by atoms with Crippen molar-refractivity contribution < 1.29 is 24.2 Å². The summed E-state index contributed by atoms with van der Waals surface area (Å²) >= 11 is 0. The minimum absolute atomic E-state index is 0.0179. The molecule has 0 unspecified atom stereocenters. The predicted molar refractivity (Wildman–Crippen MR) is 106 cm³/mol. The summed E-state index contributed by atoms with van der Waals surface area (Å²) in [5.74, 6) is -0.159. The third kappa shape index (κ3) is 5.73. The lowest BCUT2D eigenvalue weighted by molar-refractivity contribution is -0.136. The van der Waals surface area contributed by atoms with Gasteiger partial charge >= 0.3 is 5.97 Å². The van der Waals surface area contributed by atoms with Gasteiger partial charge in [-0.3, -0.25) is 9.59 Å². The Morgan fingerprint density at radius 1 is 1.07 bits per heavy atom. The van der Waals surface area contributed by atoms with E-state index in [4.69, 9.17) is 14.6 Å². The van der Waals surface area contributed by atoms with Gasteiger partial charge in [-0.15, -0.1) is 0 Å². The number of carbonyl (C=O) groups is 2. The average molecular weight is 385 g/mol. The number of hydrazone groups is 1. The molecule has 0 spiro atoms. The van der Waals surface area contributed by atoms with E-state index >= 15 is 0 Å². The lowest BCUT2D eigenvalue weighted by Gasteiger charge is -2.11. The summed E-state index contributed by atoms with van der Waals surface area (Å²) in [5.41, 5.74) is 4.94. The molecule has 0 saturated heterocycles. The van der Waals surface area contributed by atoms with Crippen LogP contribution < -0.4 is 20.2 Å². The van der Waals surface area contributed by atoms with Crippen molar-refractivity contribution in [2.24, 2.45) is 5.10 Å². The van der Waals surface area contributed by atoms with Crippen molar-refractivity contribution >= 4 is 23.3 Å². The molecule has 148 valence electrons. The number of amides is 1.